The molecular weight excluding hydrogens is 1120 g/mol. The first-order valence-electron chi connectivity index (χ1n) is 20.8. The van der Waals surface area contributed by atoms with Crippen LogP contribution in [-0.4, -0.2) is 164 Å². The van der Waals surface area contributed by atoms with E-state index in [0.717, 1.165) is 35.6 Å². The molecule has 15 N–H and O–H groups in total. The van der Waals surface area contributed by atoms with Gasteiger partial charge in [0.2, 0.25) is 16.9 Å². The summed E-state index contributed by atoms with van der Waals surface area (Å²) < 4.78 is 89.5. The number of carbonyl (C=O) groups is 3. The number of amides is 2. The lowest BCUT2D eigenvalue weighted by atomic mass is 9.87. The molecule has 1 aliphatic heterocycles. The van der Waals surface area contributed by atoms with E-state index in [4.69, 9.17) is 29.3 Å². The normalized spacial score (nSPS) is 20.1. The summed E-state index contributed by atoms with van der Waals surface area (Å²) in [5.74, 6) is -2.34. The van der Waals surface area contributed by atoms with E-state index < -0.39 is 130 Å². The summed E-state index contributed by atoms with van der Waals surface area (Å²) in [6.45, 7) is -0.0877. The van der Waals surface area contributed by atoms with Crippen molar-refractivity contribution in [1.82, 2.24) is 35.1 Å². The highest BCUT2D eigenvalue weighted by atomic mass is 32.2. The van der Waals surface area contributed by atoms with Gasteiger partial charge in [0, 0.05) is 48.0 Å². The number of nitrogens with one attached hydrogen (secondary N) is 2. The fourth-order valence-corrected chi connectivity index (χ4v) is 10.3. The van der Waals surface area contributed by atoms with E-state index in [1.807, 2.05) is 0 Å². The number of nitrogens with two attached hydrogens (primary N) is 1. The Bertz CT molecular complexity index is 2820. The summed E-state index contributed by atoms with van der Waals surface area (Å²) in [4.78, 5) is 134. The monoisotopic (exact) mass is 1170 g/mol. The summed E-state index contributed by atoms with van der Waals surface area (Å²) in [6.07, 6.45) is -5.13. The lowest BCUT2D eigenvalue weighted by molar-refractivity contribution is -0.137. The molecule has 0 bridgehead atoms. The Morgan fingerprint density at radius 1 is 0.959 bits per heavy atom. The molecule has 0 aromatic carbocycles. The number of pyridine rings is 1. The van der Waals surface area contributed by atoms with E-state index in [0.29, 0.717) is 11.8 Å². The molecule has 3 aromatic rings. The number of aromatic hydroxyl groups is 1. The second kappa shape index (κ2) is 26.0. The Labute approximate surface area is 422 Å². The highest BCUT2D eigenvalue weighted by molar-refractivity contribution is 8.15. The highest BCUT2D eigenvalue weighted by Crippen LogP contribution is 2.61. The first-order valence-corrected chi connectivity index (χ1v) is 29.6. The molecule has 1 fully saturated rings. The predicted molar refractivity (Wildman–Crippen MR) is 252 cm³/mol. The number of hydrogen-bond donors (Lipinski definition) is 14. The van der Waals surface area contributed by atoms with Gasteiger partial charge in [0.25, 0.3) is 0 Å². The van der Waals surface area contributed by atoms with Crippen molar-refractivity contribution in [3.8, 4) is 5.75 Å². The van der Waals surface area contributed by atoms with Crippen LogP contribution in [-0.2, 0) is 77.5 Å². The first-order chi connectivity index (χ1) is 34.1. The number of aliphatic imine (C=N–C) groups is 1. The average molecular weight is 1170 g/mol. The Morgan fingerprint density at radius 3 is 2.28 bits per heavy atom. The highest BCUT2D eigenvalue weighted by Gasteiger charge is 2.50. The van der Waals surface area contributed by atoms with Crippen LogP contribution in [0.2, 0.25) is 0 Å². The summed E-state index contributed by atoms with van der Waals surface area (Å²) in [7, 11) is -26.1. The van der Waals surface area contributed by atoms with Crippen LogP contribution in [0.4, 0.5) is 5.82 Å². The third kappa shape index (κ3) is 19.6. The molecule has 0 spiro atoms. The van der Waals surface area contributed by atoms with E-state index >= 15 is 0 Å². The maximum absolute atomic E-state index is 13.1. The minimum atomic E-state index is -5.66. The van der Waals surface area contributed by atoms with Crippen molar-refractivity contribution in [2.24, 2.45) is 10.4 Å². The van der Waals surface area contributed by atoms with E-state index in [-0.39, 0.29) is 64.8 Å². The fourth-order valence-electron chi connectivity index (χ4n) is 6.14. The Morgan fingerprint density at radius 2 is 1.64 bits per heavy atom. The van der Waals surface area contributed by atoms with Gasteiger partial charge < -0.3 is 75.6 Å². The molecule has 0 aliphatic carbocycles. The number of hydrogen-bond acceptors (Lipinski definition) is 24. The maximum Gasteiger partial charge on any atom is 0.481 e. The van der Waals surface area contributed by atoms with Gasteiger partial charge in [-0.2, -0.15) is 4.31 Å². The Kier molecular flexibility index (Phi) is 22.0. The van der Waals surface area contributed by atoms with Crippen LogP contribution in [0.3, 0.4) is 0 Å². The van der Waals surface area contributed by atoms with E-state index in [1.54, 1.807) is 0 Å². The number of rotatable bonds is 28. The number of aliphatic hydroxyl groups excluding tert-OH is 2. The number of fused-ring (bicyclic) bond motifs is 1. The third-order valence-corrected chi connectivity index (χ3v) is 14.9. The van der Waals surface area contributed by atoms with Gasteiger partial charge in [0.1, 0.15) is 47.7 Å². The van der Waals surface area contributed by atoms with Crippen molar-refractivity contribution in [1.29, 1.82) is 0 Å². The van der Waals surface area contributed by atoms with Gasteiger partial charge in [-0.1, -0.05) is 31.7 Å². The second-order valence-corrected chi connectivity index (χ2v) is 24.4. The number of anilines is 1. The summed E-state index contributed by atoms with van der Waals surface area (Å²) in [5, 5.41) is 36.2. The van der Waals surface area contributed by atoms with Gasteiger partial charge in [0.05, 0.1) is 44.5 Å². The molecule has 1 saturated heterocycles. The quantitative estimate of drug-likeness (QED) is 0.0237. The number of phosphoric acid groups is 4. The predicted octanol–water partition coefficient (Wildman–Crippen LogP) is -0.942. The number of phosphoric ester groups is 4. The number of aliphatic hydroxyl groups is 2. The molecular formula is C34H52N9O25P5S. The van der Waals surface area contributed by atoms with Crippen LogP contribution >= 0.6 is 50.6 Å². The lowest BCUT2D eigenvalue weighted by Gasteiger charge is -2.30. The lowest BCUT2D eigenvalue weighted by Crippen LogP contribution is -2.46. The van der Waals surface area contributed by atoms with E-state index in [9.17, 15) is 81.9 Å². The smallest absolute Gasteiger partial charge is 0.481 e. The van der Waals surface area contributed by atoms with Crippen LogP contribution in [0.1, 0.15) is 43.3 Å². The molecule has 3 aromatic heterocycles. The first kappa shape index (κ1) is 62.7. The SMILES string of the molecule is Cc1ncc(COP(=O)(O)O)c(CN=C(/C=C/CP(=O)(O)O)C(=O)SCCNC(=O)CCNC(=O)C(O)C(C)(C)COP(=O)(O)OP(=O)(O)OCC2OC(n3cnc4c(N)ncnc43)C(O)C2OP(=O)(O)O)c1O. The van der Waals surface area contributed by atoms with Gasteiger partial charge in [-0.25, -0.2) is 33.2 Å². The molecule has 0 radical (unpaired) electrons. The summed E-state index contributed by atoms with van der Waals surface area (Å²) in [5.41, 5.74) is 3.81. The minimum Gasteiger partial charge on any atom is -0.506 e. The molecule has 414 valence electrons. The Balaban J connectivity index is 1.24. The van der Waals surface area contributed by atoms with Crippen molar-refractivity contribution >= 4 is 90.3 Å². The zero-order chi connectivity index (χ0) is 55.6. The van der Waals surface area contributed by atoms with Crippen molar-refractivity contribution in [3.63, 3.8) is 0 Å². The molecule has 4 heterocycles. The maximum atomic E-state index is 13.1. The van der Waals surface area contributed by atoms with Crippen LogP contribution in [0.15, 0.2) is 36.0 Å². The van der Waals surface area contributed by atoms with E-state index in [2.05, 4.69) is 48.9 Å². The van der Waals surface area contributed by atoms with Crippen molar-refractivity contribution in [2.75, 3.05) is 44.0 Å². The zero-order valence-electron chi connectivity index (χ0n) is 38.7. The molecule has 2 amide bonds. The van der Waals surface area contributed by atoms with Gasteiger partial charge in [-0.15, -0.1) is 0 Å². The third-order valence-electron chi connectivity index (χ3n) is 9.79. The topological polar surface area (TPSA) is 533 Å². The van der Waals surface area contributed by atoms with Crippen LogP contribution in [0.5, 0.6) is 5.75 Å². The fraction of sp³-hybridized carbons (Fsp3) is 0.529. The second-order valence-electron chi connectivity index (χ2n) is 16.1. The van der Waals surface area contributed by atoms with Gasteiger partial charge >= 0.3 is 38.9 Å². The van der Waals surface area contributed by atoms with Gasteiger partial charge in [-0.05, 0) is 13.0 Å². The number of nitrogen functional groups attached to an aromatic ring is 1. The standard InChI is InChI=1S/C34H52N9O25P5S/c1-18-25(45)20(19(11-38-18)13-63-70(53,54)55)12-39-21(5-4-9-69(50,51)52)33(49)74-10-8-36-23(44)6-7-37-31(48)28(47)34(2,3)15-65-73(61,62)68-72(59,60)64-14-22-27(67-71(56,57)58)26(46)32(66-22)43-17-42-24-29(35)40-16-41-30(24)43/h4-5,11,16-17,22,26-28,32,45-47H,6-10,12-15H2,1-3H3,(H,36,44)(H,37,48)(H,59,60)(H,61,62)(H2,35,40,41)(H2,50,51,52)(H2,53,54,55)(H2,56,57,58)/b5-4+,39-21?. The number of aryl methyl sites for hydroxylation is 1. The molecule has 7 atom stereocenters. The van der Waals surface area contributed by atoms with E-state index in [1.165, 1.54) is 20.8 Å². The molecule has 40 heteroatoms. The minimum absolute atomic E-state index is 0.00472. The number of ether oxygens (including phenoxy) is 1. The van der Waals surface area contributed by atoms with Crippen LogP contribution < -0.4 is 16.4 Å². The van der Waals surface area contributed by atoms with Crippen molar-refractivity contribution in [3.05, 3.63) is 47.8 Å². The summed E-state index contributed by atoms with van der Waals surface area (Å²) in [6, 6.07) is 0. The molecule has 34 nitrogen and oxygen atoms in total. The number of imidazole rings is 1. The average Bonchev–Trinajstić information content (AvgIpc) is 3.84. The van der Waals surface area contributed by atoms with Crippen LogP contribution in [0, 0.1) is 12.3 Å². The van der Waals surface area contributed by atoms with Crippen molar-refractivity contribution in [2.45, 2.75) is 71.0 Å². The molecule has 74 heavy (non-hydrogen) atoms. The molecule has 0 saturated carbocycles. The number of allylic oxidation sites excluding steroid dienone is 2. The van der Waals surface area contributed by atoms with Crippen LogP contribution in [0.25, 0.3) is 11.2 Å². The number of thioether (sulfide) groups is 1. The Hall–Kier alpha value is -3.82. The molecule has 7 unspecified atom stereocenters. The van der Waals surface area contributed by atoms with Gasteiger partial charge in [0.15, 0.2) is 17.7 Å². The summed E-state index contributed by atoms with van der Waals surface area (Å²) >= 11 is 0.618. The zero-order valence-corrected chi connectivity index (χ0v) is 44.0. The number of carbonyl (C=O) groups excluding carboxylic acids is 3. The molecule has 4 rings (SSSR count). The number of nitrogens with zero attached hydrogens (tertiary/aromatic N) is 6. The largest absolute Gasteiger partial charge is 0.506 e. The molecule has 1 aliphatic rings. The van der Waals surface area contributed by atoms with Gasteiger partial charge in [-0.3, -0.25) is 51.6 Å². The van der Waals surface area contributed by atoms with Crippen molar-refractivity contribution < 1.29 is 119 Å². The number of aromatic nitrogens is 5.